The maximum atomic E-state index is 11.9. The number of Topliss-reactive ketones (excluding diaryl/α,β-unsaturated/α-hetero) is 1. The summed E-state index contributed by atoms with van der Waals surface area (Å²) in [5, 5.41) is 4.14. The van der Waals surface area contributed by atoms with E-state index in [2.05, 4.69) is 21.0 Å². The maximum Gasteiger partial charge on any atom is 0.191 e. The summed E-state index contributed by atoms with van der Waals surface area (Å²) in [5.74, 6) is 1.54. The van der Waals surface area contributed by atoms with Crippen LogP contribution < -0.4 is 0 Å². The number of rotatable bonds is 7. The quantitative estimate of drug-likeness (QED) is 0.725. The van der Waals surface area contributed by atoms with Crippen molar-refractivity contribution in [3.05, 3.63) is 16.4 Å². The zero-order valence-electron chi connectivity index (χ0n) is 9.40. The molecule has 16 heavy (non-hydrogen) atoms. The Balaban J connectivity index is 2.75. The van der Waals surface area contributed by atoms with Crippen molar-refractivity contribution >= 4 is 33.5 Å². The molecule has 4 nitrogen and oxygen atoms in total. The molecule has 0 atom stereocenters. The van der Waals surface area contributed by atoms with Gasteiger partial charge in [0.05, 0.1) is 29.6 Å². The van der Waals surface area contributed by atoms with Crippen LogP contribution >= 0.6 is 27.7 Å². The normalized spacial score (nSPS) is 10.7. The lowest BCUT2D eigenvalue weighted by Crippen LogP contribution is -2.15. The van der Waals surface area contributed by atoms with Crippen LogP contribution in [0.3, 0.4) is 0 Å². The largest absolute Gasteiger partial charge is 0.383 e. The molecule has 0 spiro atoms. The average Bonchev–Trinajstić information content (AvgIpc) is 2.64. The van der Waals surface area contributed by atoms with E-state index in [0.29, 0.717) is 24.6 Å². The number of nitrogens with zero attached hydrogens (tertiary/aromatic N) is 2. The summed E-state index contributed by atoms with van der Waals surface area (Å²) in [4.78, 5) is 11.9. The second-order valence-electron chi connectivity index (χ2n) is 3.12. The van der Waals surface area contributed by atoms with E-state index in [0.717, 1.165) is 10.2 Å². The minimum atomic E-state index is 0.104. The molecule has 0 unspecified atom stereocenters. The van der Waals surface area contributed by atoms with Gasteiger partial charge in [0.25, 0.3) is 0 Å². The van der Waals surface area contributed by atoms with Crippen molar-refractivity contribution in [3.63, 3.8) is 0 Å². The third-order valence-electron chi connectivity index (χ3n) is 2.00. The van der Waals surface area contributed by atoms with E-state index < -0.39 is 0 Å². The minimum absolute atomic E-state index is 0.104. The summed E-state index contributed by atoms with van der Waals surface area (Å²) in [7, 11) is 1.63. The molecule has 0 saturated heterocycles. The number of carbonyl (C=O) groups excluding carboxylic acids is 1. The fraction of sp³-hybridized carbons (Fsp3) is 0.600. The van der Waals surface area contributed by atoms with Crippen molar-refractivity contribution in [2.45, 2.75) is 13.5 Å². The molecule has 0 aliphatic carbocycles. The molecule has 0 aliphatic heterocycles. The van der Waals surface area contributed by atoms with Crippen LogP contribution in [0.4, 0.5) is 0 Å². The summed E-state index contributed by atoms with van der Waals surface area (Å²) in [6, 6.07) is 0. The Labute approximate surface area is 108 Å². The Morgan fingerprint density at radius 2 is 2.44 bits per heavy atom. The fourth-order valence-corrected chi connectivity index (χ4v) is 2.29. The Morgan fingerprint density at radius 3 is 3.06 bits per heavy atom. The van der Waals surface area contributed by atoms with Crippen LogP contribution in [0, 0.1) is 0 Å². The van der Waals surface area contributed by atoms with Crippen molar-refractivity contribution in [1.82, 2.24) is 9.78 Å². The molecule has 0 bridgehead atoms. The van der Waals surface area contributed by atoms with Gasteiger partial charge in [-0.1, -0.05) is 6.92 Å². The van der Waals surface area contributed by atoms with E-state index in [9.17, 15) is 4.79 Å². The third kappa shape index (κ3) is 3.61. The van der Waals surface area contributed by atoms with Gasteiger partial charge in [-0.3, -0.25) is 9.48 Å². The lowest BCUT2D eigenvalue weighted by molar-refractivity contribution is 0.100. The van der Waals surface area contributed by atoms with Gasteiger partial charge >= 0.3 is 0 Å². The standard InChI is InChI=1S/C10H15BrN2O2S/c1-3-16-7-9(14)10-8(11)6-12-13(10)4-5-15-2/h6H,3-5,7H2,1-2H3. The maximum absolute atomic E-state index is 11.9. The molecule has 0 aliphatic rings. The summed E-state index contributed by atoms with van der Waals surface area (Å²) in [5.41, 5.74) is 0.637. The highest BCUT2D eigenvalue weighted by Gasteiger charge is 2.16. The van der Waals surface area contributed by atoms with E-state index in [1.165, 1.54) is 0 Å². The Hall–Kier alpha value is -0.330. The molecule has 0 N–H and O–H groups in total. The SMILES string of the molecule is CCSCC(=O)c1c(Br)cnn1CCOC. The van der Waals surface area contributed by atoms with E-state index in [1.807, 2.05) is 6.92 Å². The molecular weight excluding hydrogens is 292 g/mol. The van der Waals surface area contributed by atoms with Crippen LogP contribution in [0.2, 0.25) is 0 Å². The summed E-state index contributed by atoms with van der Waals surface area (Å²) in [6.07, 6.45) is 1.65. The van der Waals surface area contributed by atoms with Gasteiger partial charge in [-0.2, -0.15) is 16.9 Å². The van der Waals surface area contributed by atoms with Gasteiger partial charge in [0.2, 0.25) is 0 Å². The van der Waals surface area contributed by atoms with Crippen LogP contribution in [-0.4, -0.2) is 40.8 Å². The number of ketones is 1. The lowest BCUT2D eigenvalue weighted by atomic mass is 10.3. The Bertz CT molecular complexity index is 355. The monoisotopic (exact) mass is 306 g/mol. The molecule has 0 aromatic carbocycles. The number of hydrogen-bond acceptors (Lipinski definition) is 4. The van der Waals surface area contributed by atoms with Crippen molar-refractivity contribution in [1.29, 1.82) is 0 Å². The van der Waals surface area contributed by atoms with E-state index in [4.69, 9.17) is 4.74 Å². The summed E-state index contributed by atoms with van der Waals surface area (Å²) >= 11 is 4.96. The van der Waals surface area contributed by atoms with Gasteiger partial charge in [-0.15, -0.1) is 0 Å². The lowest BCUT2D eigenvalue weighted by Gasteiger charge is -2.06. The number of carbonyl (C=O) groups is 1. The second kappa shape index (κ2) is 7.09. The molecule has 0 radical (unpaired) electrons. The van der Waals surface area contributed by atoms with Gasteiger partial charge in [0.1, 0.15) is 5.69 Å². The second-order valence-corrected chi connectivity index (χ2v) is 5.25. The van der Waals surface area contributed by atoms with Gasteiger partial charge < -0.3 is 4.74 Å². The van der Waals surface area contributed by atoms with Gasteiger partial charge in [0.15, 0.2) is 5.78 Å². The molecule has 0 fully saturated rings. The van der Waals surface area contributed by atoms with E-state index in [1.54, 1.807) is 29.8 Å². The molecule has 90 valence electrons. The Morgan fingerprint density at radius 1 is 1.69 bits per heavy atom. The molecule has 6 heteroatoms. The first-order valence-corrected chi connectivity index (χ1v) is 6.96. The zero-order valence-corrected chi connectivity index (χ0v) is 11.8. The van der Waals surface area contributed by atoms with Crippen LogP contribution in [0.1, 0.15) is 17.4 Å². The van der Waals surface area contributed by atoms with Crippen molar-refractivity contribution in [2.75, 3.05) is 25.2 Å². The van der Waals surface area contributed by atoms with E-state index in [-0.39, 0.29) is 5.78 Å². The molecule has 1 rings (SSSR count). The number of aromatic nitrogens is 2. The average molecular weight is 307 g/mol. The highest BCUT2D eigenvalue weighted by molar-refractivity contribution is 9.10. The van der Waals surface area contributed by atoms with Gasteiger partial charge in [-0.05, 0) is 21.7 Å². The molecule has 1 heterocycles. The first kappa shape index (κ1) is 13.7. The number of ether oxygens (including phenoxy) is 1. The first-order valence-electron chi connectivity index (χ1n) is 5.01. The predicted molar refractivity (Wildman–Crippen MR) is 69.1 cm³/mol. The van der Waals surface area contributed by atoms with Crippen molar-refractivity contribution in [2.24, 2.45) is 0 Å². The molecular formula is C10H15BrN2O2S. The van der Waals surface area contributed by atoms with Crippen LogP contribution in [0.5, 0.6) is 0 Å². The molecule has 1 aromatic rings. The number of thioether (sulfide) groups is 1. The highest BCUT2D eigenvalue weighted by atomic mass is 79.9. The van der Waals surface area contributed by atoms with E-state index >= 15 is 0 Å². The summed E-state index contributed by atoms with van der Waals surface area (Å²) in [6.45, 7) is 3.19. The predicted octanol–water partition coefficient (Wildman–Crippen LogP) is 2.23. The molecule has 1 aromatic heterocycles. The third-order valence-corrected chi connectivity index (χ3v) is 3.46. The van der Waals surface area contributed by atoms with Crippen LogP contribution in [0.25, 0.3) is 0 Å². The van der Waals surface area contributed by atoms with Gasteiger partial charge in [-0.25, -0.2) is 0 Å². The molecule has 0 amide bonds. The number of halogens is 1. The fourth-order valence-electron chi connectivity index (χ4n) is 1.25. The molecule has 0 saturated carbocycles. The van der Waals surface area contributed by atoms with Crippen molar-refractivity contribution in [3.8, 4) is 0 Å². The topological polar surface area (TPSA) is 44.1 Å². The first-order chi connectivity index (χ1) is 7.70. The zero-order chi connectivity index (χ0) is 12.0. The smallest absolute Gasteiger partial charge is 0.191 e. The highest BCUT2D eigenvalue weighted by Crippen LogP contribution is 2.18. The Kier molecular flexibility index (Phi) is 6.08. The number of hydrogen-bond donors (Lipinski definition) is 0. The van der Waals surface area contributed by atoms with Gasteiger partial charge in [0, 0.05) is 7.11 Å². The van der Waals surface area contributed by atoms with Crippen molar-refractivity contribution < 1.29 is 9.53 Å². The van der Waals surface area contributed by atoms with Crippen LogP contribution in [0.15, 0.2) is 10.7 Å². The van der Waals surface area contributed by atoms with Crippen LogP contribution in [-0.2, 0) is 11.3 Å². The minimum Gasteiger partial charge on any atom is -0.383 e. The summed E-state index contributed by atoms with van der Waals surface area (Å²) < 4.78 is 7.42. The number of methoxy groups -OCH3 is 1.